The molecule has 232 valence electrons. The van der Waals surface area contributed by atoms with Crippen LogP contribution in [-0.2, 0) is 17.9 Å². The van der Waals surface area contributed by atoms with Gasteiger partial charge in [0.2, 0.25) is 0 Å². The Hall–Kier alpha value is -3.96. The van der Waals surface area contributed by atoms with Crippen molar-refractivity contribution in [2.24, 2.45) is 0 Å². The third-order valence-electron chi connectivity index (χ3n) is 7.46. The number of hydrogen-bond donors (Lipinski definition) is 0. The summed E-state index contributed by atoms with van der Waals surface area (Å²) in [5, 5.41) is 0.439. The van der Waals surface area contributed by atoms with E-state index >= 15 is 0 Å². The zero-order chi connectivity index (χ0) is 31.4. The molecule has 2 aromatic heterocycles. The number of amides is 1. The van der Waals surface area contributed by atoms with Crippen LogP contribution in [0.2, 0.25) is 0 Å². The maximum atomic E-state index is 14.0. The molecule has 3 heterocycles. The standard InChI is InChI=1S/C33H38BrN5O5/c1-33(2,3)44-32(41)38-15-7-9-24(38)18-37(4)19-27-28(34)17-35-30-29(27)31(40)39(21-36-30)23-8-6-10-26(16-23)43-20-22-11-13-25(42-5)14-12-22/h6,8,10-14,16-17,21,24H,7,9,15,18-20H2,1-5H3/t24-/m0/s1. The quantitative estimate of drug-likeness (QED) is 0.216. The van der Waals surface area contributed by atoms with Gasteiger partial charge in [-0.15, -0.1) is 0 Å². The lowest BCUT2D eigenvalue weighted by atomic mass is 10.1. The second-order valence-electron chi connectivity index (χ2n) is 12.0. The maximum Gasteiger partial charge on any atom is 0.410 e. The highest BCUT2D eigenvalue weighted by molar-refractivity contribution is 9.10. The van der Waals surface area contributed by atoms with Gasteiger partial charge >= 0.3 is 6.09 Å². The van der Waals surface area contributed by atoms with Crippen molar-refractivity contribution in [2.45, 2.75) is 58.4 Å². The molecule has 1 saturated heterocycles. The van der Waals surface area contributed by atoms with Crippen LogP contribution in [0.25, 0.3) is 16.7 Å². The summed E-state index contributed by atoms with van der Waals surface area (Å²) in [6.45, 7) is 7.77. The van der Waals surface area contributed by atoms with Gasteiger partial charge in [0.25, 0.3) is 5.56 Å². The Morgan fingerprint density at radius 1 is 1.11 bits per heavy atom. The largest absolute Gasteiger partial charge is 0.497 e. The van der Waals surface area contributed by atoms with Gasteiger partial charge in [0.05, 0.1) is 18.2 Å². The number of benzene rings is 2. The van der Waals surface area contributed by atoms with E-state index < -0.39 is 5.60 Å². The van der Waals surface area contributed by atoms with Crippen molar-refractivity contribution in [2.75, 3.05) is 27.2 Å². The molecule has 10 nitrogen and oxygen atoms in total. The first-order valence-corrected chi connectivity index (χ1v) is 15.4. The van der Waals surface area contributed by atoms with Crippen molar-refractivity contribution in [1.82, 2.24) is 24.3 Å². The van der Waals surface area contributed by atoms with Gasteiger partial charge in [0.15, 0.2) is 5.65 Å². The van der Waals surface area contributed by atoms with Gasteiger partial charge < -0.3 is 19.1 Å². The fraction of sp³-hybridized carbons (Fsp3) is 0.394. The highest BCUT2D eigenvalue weighted by atomic mass is 79.9. The van der Waals surface area contributed by atoms with Gasteiger partial charge in [0, 0.05) is 42.4 Å². The minimum atomic E-state index is -0.550. The molecule has 1 aliphatic heterocycles. The number of likely N-dealkylation sites (tertiary alicyclic amines) is 1. The summed E-state index contributed by atoms with van der Waals surface area (Å²) >= 11 is 3.63. The number of rotatable bonds is 9. The predicted molar refractivity (Wildman–Crippen MR) is 172 cm³/mol. The third kappa shape index (κ3) is 7.39. The lowest BCUT2D eigenvalue weighted by Gasteiger charge is -2.31. The normalized spacial score (nSPS) is 15.2. The summed E-state index contributed by atoms with van der Waals surface area (Å²) in [7, 11) is 3.62. The number of nitrogens with zero attached hydrogens (tertiary/aromatic N) is 5. The van der Waals surface area contributed by atoms with Crippen LogP contribution in [0.3, 0.4) is 0 Å². The first kappa shape index (κ1) is 31.5. The van der Waals surface area contributed by atoms with Crippen LogP contribution in [-0.4, -0.2) is 69.3 Å². The summed E-state index contributed by atoms with van der Waals surface area (Å²) in [5.41, 5.74) is 2.02. The predicted octanol–water partition coefficient (Wildman–Crippen LogP) is 5.96. The second-order valence-corrected chi connectivity index (χ2v) is 12.9. The van der Waals surface area contributed by atoms with Crippen molar-refractivity contribution in [3.63, 3.8) is 0 Å². The molecule has 0 unspecified atom stereocenters. The van der Waals surface area contributed by atoms with Crippen molar-refractivity contribution in [3.05, 3.63) is 87.0 Å². The molecule has 1 fully saturated rings. The minimum Gasteiger partial charge on any atom is -0.497 e. The van der Waals surface area contributed by atoms with Gasteiger partial charge in [-0.2, -0.15) is 0 Å². The Morgan fingerprint density at radius 3 is 2.61 bits per heavy atom. The van der Waals surface area contributed by atoms with E-state index in [1.807, 2.05) is 81.2 Å². The summed E-state index contributed by atoms with van der Waals surface area (Å²) in [5.74, 6) is 1.41. The van der Waals surface area contributed by atoms with Gasteiger partial charge in [-0.05, 0) is 92.0 Å². The highest BCUT2D eigenvalue weighted by Crippen LogP contribution is 2.26. The smallest absolute Gasteiger partial charge is 0.410 e. The van der Waals surface area contributed by atoms with Crippen LogP contribution in [0, 0.1) is 0 Å². The van der Waals surface area contributed by atoms with Gasteiger partial charge in [-0.25, -0.2) is 14.8 Å². The van der Waals surface area contributed by atoms with Crippen LogP contribution in [0.15, 0.2) is 70.3 Å². The molecule has 0 N–H and O–H groups in total. The van der Waals surface area contributed by atoms with Crippen molar-refractivity contribution in [1.29, 1.82) is 0 Å². The first-order chi connectivity index (χ1) is 21.0. The molecule has 1 amide bonds. The second kappa shape index (κ2) is 13.4. The number of halogens is 1. The van der Waals surface area contributed by atoms with Crippen LogP contribution in [0.5, 0.6) is 11.5 Å². The molecule has 0 spiro atoms. The third-order valence-corrected chi connectivity index (χ3v) is 8.14. The molecule has 0 radical (unpaired) electrons. The van der Waals surface area contributed by atoms with E-state index in [1.165, 1.54) is 10.9 Å². The maximum absolute atomic E-state index is 14.0. The molecule has 2 aromatic carbocycles. The first-order valence-electron chi connectivity index (χ1n) is 14.6. The molecule has 1 atom stereocenters. The fourth-order valence-corrected chi connectivity index (χ4v) is 5.78. The Morgan fingerprint density at radius 2 is 1.89 bits per heavy atom. The van der Waals surface area contributed by atoms with Gasteiger partial charge in [-0.3, -0.25) is 14.3 Å². The lowest BCUT2D eigenvalue weighted by molar-refractivity contribution is 0.0201. The fourth-order valence-electron chi connectivity index (χ4n) is 5.35. The van der Waals surface area contributed by atoms with E-state index in [1.54, 1.807) is 13.3 Å². The van der Waals surface area contributed by atoms with Gasteiger partial charge in [-0.1, -0.05) is 18.2 Å². The molecule has 5 rings (SSSR count). The Bertz CT molecular complexity index is 1690. The van der Waals surface area contributed by atoms with Crippen LogP contribution in [0.1, 0.15) is 44.7 Å². The molecular weight excluding hydrogens is 626 g/mol. The molecule has 4 aromatic rings. The minimum absolute atomic E-state index is 0.0252. The summed E-state index contributed by atoms with van der Waals surface area (Å²) < 4.78 is 19.1. The zero-order valence-corrected chi connectivity index (χ0v) is 27.3. The number of carbonyl (C=O) groups excluding carboxylic acids is 1. The number of aromatic nitrogens is 3. The monoisotopic (exact) mass is 663 g/mol. The van der Waals surface area contributed by atoms with E-state index in [0.717, 1.165) is 34.2 Å². The van der Waals surface area contributed by atoms with Crippen molar-refractivity contribution in [3.8, 4) is 17.2 Å². The van der Waals surface area contributed by atoms with Crippen molar-refractivity contribution >= 4 is 33.1 Å². The van der Waals surface area contributed by atoms with E-state index in [0.29, 0.717) is 48.7 Å². The number of carbonyl (C=O) groups is 1. The number of ether oxygens (including phenoxy) is 3. The van der Waals surface area contributed by atoms with Crippen molar-refractivity contribution < 1.29 is 19.0 Å². The molecule has 11 heteroatoms. The van der Waals surface area contributed by atoms with E-state index in [9.17, 15) is 9.59 Å². The average Bonchev–Trinajstić information content (AvgIpc) is 3.45. The number of methoxy groups -OCH3 is 1. The van der Waals surface area contributed by atoms with Crippen LogP contribution in [0.4, 0.5) is 4.79 Å². The molecular formula is C33H38BrN5O5. The Labute approximate surface area is 265 Å². The molecule has 0 saturated carbocycles. The molecule has 1 aliphatic rings. The van der Waals surface area contributed by atoms with Crippen LogP contribution >= 0.6 is 15.9 Å². The SMILES string of the molecule is COc1ccc(COc2cccc(-n3cnc4ncc(Br)c(CN(C)C[C@@H]5CCCN5C(=O)OC(C)(C)C)c4c3=O)c2)cc1. The number of likely N-dealkylation sites (N-methyl/N-ethyl adjacent to an activating group) is 1. The zero-order valence-electron chi connectivity index (χ0n) is 25.7. The number of pyridine rings is 1. The van der Waals surface area contributed by atoms with E-state index in [2.05, 4.69) is 30.8 Å². The summed E-state index contributed by atoms with van der Waals surface area (Å²) in [4.78, 5) is 39.7. The number of fused-ring (bicyclic) bond motifs is 1. The van der Waals surface area contributed by atoms with E-state index in [-0.39, 0.29) is 17.7 Å². The van der Waals surface area contributed by atoms with E-state index in [4.69, 9.17) is 14.2 Å². The molecule has 0 bridgehead atoms. The Balaban J connectivity index is 1.36. The average molecular weight is 665 g/mol. The lowest BCUT2D eigenvalue weighted by Crippen LogP contribution is -2.44. The molecule has 0 aliphatic carbocycles. The van der Waals surface area contributed by atoms with Gasteiger partial charge in [0.1, 0.15) is 30.0 Å². The highest BCUT2D eigenvalue weighted by Gasteiger charge is 2.33. The molecule has 44 heavy (non-hydrogen) atoms. The summed E-state index contributed by atoms with van der Waals surface area (Å²) in [6, 6.07) is 15.1. The number of hydrogen-bond acceptors (Lipinski definition) is 8. The topological polar surface area (TPSA) is 99.0 Å². The summed E-state index contributed by atoms with van der Waals surface area (Å²) in [6.07, 6.45) is 4.72. The van der Waals surface area contributed by atoms with Crippen LogP contribution < -0.4 is 15.0 Å². The Kier molecular flexibility index (Phi) is 9.55.